The molecule has 0 atom stereocenters. The Kier molecular flexibility index (Phi) is 6.48. The van der Waals surface area contributed by atoms with Crippen LogP contribution in [0.4, 0.5) is 4.79 Å². The minimum atomic E-state index is -0.547. The molecule has 0 spiro atoms. The summed E-state index contributed by atoms with van der Waals surface area (Å²) in [6.45, 7) is 6.52. The number of nitriles is 1. The van der Waals surface area contributed by atoms with Crippen molar-refractivity contribution in [2.45, 2.75) is 45.3 Å². The summed E-state index contributed by atoms with van der Waals surface area (Å²) in [5.41, 5.74) is 6.83. The molecule has 0 aliphatic carbocycles. The third kappa shape index (κ3) is 5.31. The number of aliphatic imine (C=N–C) groups is 1. The Labute approximate surface area is 201 Å². The highest BCUT2D eigenvalue weighted by molar-refractivity contribution is 8.18. The molecular weight excluding hydrogens is 454 g/mol. The zero-order chi connectivity index (χ0) is 24.5. The van der Waals surface area contributed by atoms with E-state index < -0.39 is 5.60 Å². The fourth-order valence-corrected chi connectivity index (χ4v) is 4.39. The van der Waals surface area contributed by atoms with Crippen molar-refractivity contribution in [1.82, 2.24) is 9.88 Å². The Morgan fingerprint density at radius 1 is 1.32 bits per heavy atom. The summed E-state index contributed by atoms with van der Waals surface area (Å²) in [5.74, 6) is 0.0735. The van der Waals surface area contributed by atoms with Crippen molar-refractivity contribution in [2.24, 2.45) is 10.7 Å². The Bertz CT molecular complexity index is 1250. The molecule has 2 N–H and O–H groups in total. The number of pyridine rings is 1. The monoisotopic (exact) mass is 479 g/mol. The fraction of sp³-hybridized carbons (Fsp3) is 0.375. The molecule has 1 aromatic heterocycles. The van der Waals surface area contributed by atoms with Gasteiger partial charge in [-0.05, 0) is 56.3 Å². The summed E-state index contributed by atoms with van der Waals surface area (Å²) in [5, 5.41) is 10.6. The largest absolute Gasteiger partial charge is 0.488 e. The van der Waals surface area contributed by atoms with Gasteiger partial charge in [-0.2, -0.15) is 10.3 Å². The molecule has 1 aromatic carbocycles. The standard InChI is InChI=1S/C24H25N5O4S/c1-24(2,3)33-23(31)29-8-6-16(7-9-29)32-20-15(12-25)13-27-18-5-4-14(10-17(18)20)11-19-21(30)28-22(26)34-19/h4-5,10-11,13,16H,6-9H2,1-3H3,(H2,26,28,30). The number of rotatable bonds is 3. The Morgan fingerprint density at radius 2 is 2.06 bits per heavy atom. The van der Waals surface area contributed by atoms with Gasteiger partial charge in [0.1, 0.15) is 29.1 Å². The van der Waals surface area contributed by atoms with Crippen molar-refractivity contribution in [1.29, 1.82) is 5.26 Å². The van der Waals surface area contributed by atoms with Crippen molar-refractivity contribution in [2.75, 3.05) is 13.1 Å². The lowest BCUT2D eigenvalue weighted by atomic mass is 10.1. The Morgan fingerprint density at radius 3 is 2.68 bits per heavy atom. The molecule has 2 amide bonds. The van der Waals surface area contributed by atoms with Crippen LogP contribution in [0, 0.1) is 11.3 Å². The third-order valence-corrected chi connectivity index (χ3v) is 6.09. The molecule has 3 heterocycles. The van der Waals surface area contributed by atoms with Gasteiger partial charge in [0.25, 0.3) is 5.91 Å². The van der Waals surface area contributed by atoms with Crippen LogP contribution in [0.3, 0.4) is 0 Å². The predicted octanol–water partition coefficient (Wildman–Crippen LogP) is 3.81. The molecule has 9 nitrogen and oxygen atoms in total. The number of nitrogens with two attached hydrogens (primary N) is 1. The second-order valence-electron chi connectivity index (χ2n) is 9.04. The van der Waals surface area contributed by atoms with E-state index in [0.717, 1.165) is 17.3 Å². The van der Waals surface area contributed by atoms with Gasteiger partial charge in [-0.3, -0.25) is 9.78 Å². The van der Waals surface area contributed by atoms with Crippen molar-refractivity contribution in [3.8, 4) is 11.8 Å². The molecule has 1 fully saturated rings. The number of fused-ring (bicyclic) bond motifs is 1. The Balaban J connectivity index is 1.55. The molecule has 34 heavy (non-hydrogen) atoms. The van der Waals surface area contributed by atoms with Crippen LogP contribution in [0.1, 0.15) is 44.7 Å². The molecule has 4 rings (SSSR count). The first-order valence-corrected chi connectivity index (χ1v) is 11.7. The molecule has 176 valence electrons. The number of likely N-dealkylation sites (tertiary alicyclic amines) is 1. The van der Waals surface area contributed by atoms with Crippen LogP contribution in [0.5, 0.6) is 5.75 Å². The number of thioether (sulfide) groups is 1. The van der Waals surface area contributed by atoms with Crippen LogP contribution >= 0.6 is 11.8 Å². The molecule has 2 aliphatic rings. The van der Waals surface area contributed by atoms with Gasteiger partial charge in [0.05, 0.1) is 10.4 Å². The summed E-state index contributed by atoms with van der Waals surface area (Å²) in [6, 6.07) is 7.64. The lowest BCUT2D eigenvalue weighted by molar-refractivity contribution is -0.113. The Hall–Kier alpha value is -3.58. The minimum absolute atomic E-state index is 0.168. The molecule has 1 saturated heterocycles. The molecule has 2 aromatic rings. The van der Waals surface area contributed by atoms with Gasteiger partial charge < -0.3 is 20.1 Å². The lowest BCUT2D eigenvalue weighted by Gasteiger charge is -2.33. The number of hydrogen-bond acceptors (Lipinski definition) is 8. The highest BCUT2D eigenvalue weighted by Gasteiger charge is 2.28. The SMILES string of the molecule is CC(C)(C)OC(=O)N1CCC(Oc2c(C#N)cnc3ccc(C=C4SC(N)=NC4=O)cc23)CC1. The van der Waals surface area contributed by atoms with Gasteiger partial charge in [0.2, 0.25) is 0 Å². The summed E-state index contributed by atoms with van der Waals surface area (Å²) < 4.78 is 11.8. The number of carbonyl (C=O) groups is 2. The molecule has 0 bridgehead atoms. The predicted molar refractivity (Wildman–Crippen MR) is 130 cm³/mol. The zero-order valence-corrected chi connectivity index (χ0v) is 20.0. The van der Waals surface area contributed by atoms with Gasteiger partial charge >= 0.3 is 6.09 Å². The summed E-state index contributed by atoms with van der Waals surface area (Å²) in [6.07, 6.45) is 3.92. The zero-order valence-electron chi connectivity index (χ0n) is 19.2. The van der Waals surface area contributed by atoms with E-state index in [-0.39, 0.29) is 23.3 Å². The van der Waals surface area contributed by atoms with Crippen LogP contribution < -0.4 is 10.5 Å². The van der Waals surface area contributed by atoms with Gasteiger partial charge in [-0.1, -0.05) is 6.07 Å². The smallest absolute Gasteiger partial charge is 0.410 e. The molecule has 2 aliphatic heterocycles. The number of nitrogens with zero attached hydrogens (tertiary/aromatic N) is 4. The van der Waals surface area contributed by atoms with E-state index in [1.54, 1.807) is 11.0 Å². The van der Waals surface area contributed by atoms with Gasteiger partial charge in [0, 0.05) is 37.5 Å². The minimum Gasteiger partial charge on any atom is -0.488 e. The van der Waals surface area contributed by atoms with E-state index in [9.17, 15) is 14.9 Å². The number of hydrogen-bond donors (Lipinski definition) is 1. The summed E-state index contributed by atoms with van der Waals surface area (Å²) in [4.78, 5) is 34.5. The number of aromatic nitrogens is 1. The highest BCUT2D eigenvalue weighted by Crippen LogP contribution is 2.33. The summed E-state index contributed by atoms with van der Waals surface area (Å²) >= 11 is 1.12. The van der Waals surface area contributed by atoms with Crippen molar-refractivity contribution in [3.05, 3.63) is 40.4 Å². The third-order valence-electron chi connectivity index (χ3n) is 5.28. The normalized spacial score (nSPS) is 18.2. The number of carbonyl (C=O) groups excluding carboxylic acids is 2. The fourth-order valence-electron chi connectivity index (χ4n) is 3.71. The molecule has 10 heteroatoms. The molecular formula is C24H25N5O4S. The van der Waals surface area contributed by atoms with E-state index in [4.69, 9.17) is 15.2 Å². The van der Waals surface area contributed by atoms with E-state index in [1.807, 2.05) is 39.0 Å². The number of benzene rings is 1. The number of amidine groups is 1. The maximum atomic E-state index is 12.3. The topological polar surface area (TPSA) is 131 Å². The van der Waals surface area contributed by atoms with E-state index in [2.05, 4.69) is 16.0 Å². The van der Waals surface area contributed by atoms with Gasteiger partial charge in [-0.25, -0.2) is 4.79 Å². The van der Waals surface area contributed by atoms with E-state index >= 15 is 0 Å². The molecule has 0 saturated carbocycles. The number of piperidine rings is 1. The first-order chi connectivity index (χ1) is 16.1. The second kappa shape index (κ2) is 9.35. The average Bonchev–Trinajstić information content (AvgIpc) is 3.09. The van der Waals surface area contributed by atoms with Gasteiger partial charge in [-0.15, -0.1) is 0 Å². The number of amides is 2. The first-order valence-electron chi connectivity index (χ1n) is 10.9. The maximum Gasteiger partial charge on any atom is 0.410 e. The first kappa shape index (κ1) is 23.6. The average molecular weight is 480 g/mol. The molecule has 0 radical (unpaired) electrons. The van der Waals surface area contributed by atoms with Crippen molar-refractivity contribution in [3.63, 3.8) is 0 Å². The highest BCUT2D eigenvalue weighted by atomic mass is 32.2. The quantitative estimate of drug-likeness (QED) is 0.658. The maximum absolute atomic E-state index is 12.3. The summed E-state index contributed by atoms with van der Waals surface area (Å²) in [7, 11) is 0. The van der Waals surface area contributed by atoms with Crippen LogP contribution in [0.2, 0.25) is 0 Å². The van der Waals surface area contributed by atoms with Crippen LogP contribution in [0.25, 0.3) is 17.0 Å². The van der Waals surface area contributed by atoms with Crippen LogP contribution in [-0.2, 0) is 9.53 Å². The van der Waals surface area contributed by atoms with E-state index in [0.29, 0.717) is 53.1 Å². The van der Waals surface area contributed by atoms with E-state index in [1.165, 1.54) is 6.20 Å². The lowest BCUT2D eigenvalue weighted by Crippen LogP contribution is -2.44. The van der Waals surface area contributed by atoms with Crippen LogP contribution in [0.15, 0.2) is 34.3 Å². The molecule has 0 unspecified atom stereocenters. The second-order valence-corrected chi connectivity index (χ2v) is 10.1. The van der Waals surface area contributed by atoms with Crippen molar-refractivity contribution < 1.29 is 19.1 Å². The van der Waals surface area contributed by atoms with Crippen LogP contribution in [-0.4, -0.2) is 51.8 Å². The number of ether oxygens (including phenoxy) is 2. The van der Waals surface area contributed by atoms with Crippen molar-refractivity contribution >= 4 is 45.9 Å². The van der Waals surface area contributed by atoms with Gasteiger partial charge in [0.15, 0.2) is 5.17 Å².